The molecule has 1 aliphatic heterocycles. The molecule has 0 saturated carbocycles. The lowest BCUT2D eigenvalue weighted by atomic mass is 10.2. The summed E-state index contributed by atoms with van der Waals surface area (Å²) < 4.78 is 13.8. The molecule has 8 nitrogen and oxygen atoms in total. The van der Waals surface area contributed by atoms with Crippen LogP contribution in [-0.2, 0) is 11.3 Å². The summed E-state index contributed by atoms with van der Waals surface area (Å²) >= 11 is 1.53. The number of halogens is 1. The molecule has 1 saturated heterocycles. The first-order chi connectivity index (χ1) is 15.0. The van der Waals surface area contributed by atoms with Crippen molar-refractivity contribution in [1.29, 1.82) is 0 Å². The van der Waals surface area contributed by atoms with Crippen LogP contribution in [0.4, 0.5) is 5.13 Å². The van der Waals surface area contributed by atoms with Gasteiger partial charge in [-0.2, -0.15) is 5.10 Å². The molecule has 174 valence electrons. The zero-order valence-electron chi connectivity index (χ0n) is 19.0. The lowest BCUT2D eigenvalue weighted by Crippen LogP contribution is -2.43. The first kappa shape index (κ1) is 24.4. The van der Waals surface area contributed by atoms with Gasteiger partial charge in [-0.25, -0.2) is 4.98 Å². The van der Waals surface area contributed by atoms with Crippen molar-refractivity contribution in [3.8, 4) is 5.75 Å². The molecular weight excluding hydrogens is 450 g/mol. The van der Waals surface area contributed by atoms with Crippen LogP contribution in [0.5, 0.6) is 5.75 Å². The summed E-state index contributed by atoms with van der Waals surface area (Å²) in [6.07, 6.45) is 0. The summed E-state index contributed by atoms with van der Waals surface area (Å²) in [5.74, 6) is 0.643. The molecule has 1 fully saturated rings. The number of aromatic nitrogens is 3. The van der Waals surface area contributed by atoms with Gasteiger partial charge in [-0.3, -0.25) is 19.3 Å². The van der Waals surface area contributed by atoms with E-state index in [1.54, 1.807) is 16.7 Å². The molecule has 0 aliphatic carbocycles. The fourth-order valence-corrected chi connectivity index (χ4v) is 4.90. The molecule has 0 N–H and O–H groups in total. The first-order valence-corrected chi connectivity index (χ1v) is 11.4. The number of methoxy groups -OCH3 is 1. The molecular formula is C22H30ClN5O3S. The third-order valence-electron chi connectivity index (χ3n) is 5.55. The highest BCUT2D eigenvalue weighted by Crippen LogP contribution is 2.36. The molecule has 1 aliphatic rings. The maximum absolute atomic E-state index is 13.7. The first-order valence-electron chi connectivity index (χ1n) is 10.6. The average Bonchev–Trinajstić information content (AvgIpc) is 3.39. The maximum atomic E-state index is 13.7. The van der Waals surface area contributed by atoms with Gasteiger partial charge in [-0.1, -0.05) is 17.4 Å². The quantitative estimate of drug-likeness (QED) is 0.516. The van der Waals surface area contributed by atoms with Gasteiger partial charge in [0, 0.05) is 32.7 Å². The smallest absolute Gasteiger partial charge is 0.278 e. The Bertz CT molecular complexity index is 1080. The number of rotatable bonds is 7. The number of carbonyl (C=O) groups is 1. The Morgan fingerprint density at radius 1 is 1.28 bits per heavy atom. The van der Waals surface area contributed by atoms with Crippen LogP contribution in [0.15, 0.2) is 18.2 Å². The number of carbonyl (C=O) groups excluding carboxylic acids is 1. The van der Waals surface area contributed by atoms with E-state index in [1.165, 1.54) is 11.3 Å². The van der Waals surface area contributed by atoms with Crippen molar-refractivity contribution in [3.05, 3.63) is 35.2 Å². The second-order valence-corrected chi connectivity index (χ2v) is 8.63. The number of amides is 1. The predicted octanol–water partition coefficient (Wildman–Crippen LogP) is 3.54. The Morgan fingerprint density at radius 3 is 2.72 bits per heavy atom. The fourth-order valence-electron chi connectivity index (χ4n) is 3.83. The average molecular weight is 480 g/mol. The third-order valence-corrected chi connectivity index (χ3v) is 6.77. The Labute approximate surface area is 198 Å². The Kier molecular flexibility index (Phi) is 8.10. The van der Waals surface area contributed by atoms with Gasteiger partial charge < -0.3 is 9.47 Å². The van der Waals surface area contributed by atoms with Crippen molar-refractivity contribution in [3.63, 3.8) is 0 Å². The van der Waals surface area contributed by atoms with E-state index in [4.69, 9.17) is 14.5 Å². The van der Waals surface area contributed by atoms with E-state index >= 15 is 0 Å². The number of hydrogen-bond donors (Lipinski definition) is 0. The van der Waals surface area contributed by atoms with Crippen LogP contribution in [0.3, 0.4) is 0 Å². The van der Waals surface area contributed by atoms with Crippen LogP contribution < -0.4 is 9.64 Å². The predicted molar refractivity (Wildman–Crippen MR) is 130 cm³/mol. The van der Waals surface area contributed by atoms with Crippen molar-refractivity contribution >= 4 is 45.0 Å². The highest BCUT2D eigenvalue weighted by molar-refractivity contribution is 7.22. The summed E-state index contributed by atoms with van der Waals surface area (Å²) in [5.41, 5.74) is 3.34. The number of fused-ring (bicyclic) bond motifs is 1. The standard InChI is InChI=1S/C22H29N5O3S.ClH/c1-5-27-17(14-16(3)24-27)21(28)26(9-8-25-10-12-30-13-11-25)22-23-19-18(29-4)7-6-15(2)20(19)31-22;/h6-7,14H,5,8-13H2,1-4H3;1H. The number of hydrogen-bond acceptors (Lipinski definition) is 7. The van der Waals surface area contributed by atoms with Gasteiger partial charge in [0.15, 0.2) is 5.13 Å². The Morgan fingerprint density at radius 2 is 2.03 bits per heavy atom. The third kappa shape index (κ3) is 4.91. The Hall–Kier alpha value is -2.20. The second kappa shape index (κ2) is 10.6. The monoisotopic (exact) mass is 479 g/mol. The van der Waals surface area contributed by atoms with Gasteiger partial charge in [-0.15, -0.1) is 12.4 Å². The Balaban J connectivity index is 0.00000289. The molecule has 3 aromatic rings. The lowest BCUT2D eigenvalue weighted by molar-refractivity contribution is 0.0391. The molecule has 4 rings (SSSR count). The van der Waals surface area contributed by atoms with Crippen molar-refractivity contribution in [1.82, 2.24) is 19.7 Å². The van der Waals surface area contributed by atoms with Crippen LogP contribution in [0.25, 0.3) is 10.2 Å². The van der Waals surface area contributed by atoms with Gasteiger partial charge in [0.05, 0.1) is 30.7 Å². The normalized spacial score (nSPS) is 14.4. The van der Waals surface area contributed by atoms with Crippen molar-refractivity contribution in [2.75, 3.05) is 51.4 Å². The molecule has 0 radical (unpaired) electrons. The number of morpholine rings is 1. The zero-order chi connectivity index (χ0) is 22.0. The highest BCUT2D eigenvalue weighted by atomic mass is 35.5. The maximum Gasteiger partial charge on any atom is 0.278 e. The van der Waals surface area contributed by atoms with Gasteiger partial charge in [0.1, 0.15) is 17.0 Å². The molecule has 1 amide bonds. The molecule has 0 atom stereocenters. The van der Waals surface area contributed by atoms with E-state index in [-0.39, 0.29) is 18.3 Å². The second-order valence-electron chi connectivity index (χ2n) is 7.66. The SMILES string of the molecule is CCn1nc(C)cc1C(=O)N(CCN1CCOCC1)c1nc2c(OC)ccc(C)c2s1.Cl. The van der Waals surface area contributed by atoms with Gasteiger partial charge >= 0.3 is 0 Å². The number of nitrogens with zero attached hydrogens (tertiary/aromatic N) is 5. The van der Waals surface area contributed by atoms with Crippen LogP contribution in [0.1, 0.15) is 28.7 Å². The lowest BCUT2D eigenvalue weighted by Gasteiger charge is -2.29. The number of benzene rings is 1. The topological polar surface area (TPSA) is 72.7 Å². The summed E-state index contributed by atoms with van der Waals surface area (Å²) in [6, 6.07) is 5.81. The van der Waals surface area contributed by atoms with Crippen LogP contribution in [0.2, 0.25) is 0 Å². The zero-order valence-corrected chi connectivity index (χ0v) is 20.6. The molecule has 1 aromatic carbocycles. The number of anilines is 1. The molecule has 2 aromatic heterocycles. The molecule has 32 heavy (non-hydrogen) atoms. The van der Waals surface area contributed by atoms with Gasteiger partial charge in [-0.05, 0) is 38.5 Å². The minimum atomic E-state index is -0.0774. The van der Waals surface area contributed by atoms with E-state index in [1.807, 2.05) is 32.0 Å². The van der Waals surface area contributed by atoms with Crippen LogP contribution >= 0.6 is 23.7 Å². The number of ether oxygens (including phenoxy) is 2. The molecule has 0 spiro atoms. The summed E-state index contributed by atoms with van der Waals surface area (Å²) in [5, 5.41) is 5.15. The van der Waals surface area contributed by atoms with Crippen molar-refractivity contribution in [2.24, 2.45) is 0 Å². The van der Waals surface area contributed by atoms with Crippen molar-refractivity contribution < 1.29 is 14.3 Å². The molecule has 0 unspecified atom stereocenters. The van der Waals surface area contributed by atoms with Gasteiger partial charge in [0.25, 0.3) is 5.91 Å². The molecule has 3 heterocycles. The molecule has 0 bridgehead atoms. The number of thiazole rings is 1. The highest BCUT2D eigenvalue weighted by Gasteiger charge is 2.26. The molecule has 10 heteroatoms. The van der Waals surface area contributed by atoms with E-state index in [2.05, 4.69) is 16.9 Å². The summed E-state index contributed by atoms with van der Waals surface area (Å²) in [6.45, 7) is 11.1. The van der Waals surface area contributed by atoms with Crippen molar-refractivity contribution in [2.45, 2.75) is 27.3 Å². The fraction of sp³-hybridized carbons (Fsp3) is 0.500. The van der Waals surface area contributed by atoms with E-state index in [0.29, 0.717) is 23.9 Å². The summed E-state index contributed by atoms with van der Waals surface area (Å²) in [7, 11) is 1.65. The minimum Gasteiger partial charge on any atom is -0.494 e. The largest absolute Gasteiger partial charge is 0.494 e. The van der Waals surface area contributed by atoms with E-state index in [9.17, 15) is 4.79 Å². The van der Waals surface area contributed by atoms with Crippen LogP contribution in [-0.4, -0.2) is 72.1 Å². The van der Waals surface area contributed by atoms with E-state index in [0.717, 1.165) is 60.1 Å². The minimum absolute atomic E-state index is 0. The van der Waals surface area contributed by atoms with Gasteiger partial charge in [0.2, 0.25) is 0 Å². The van der Waals surface area contributed by atoms with Crippen LogP contribution in [0, 0.1) is 13.8 Å². The van der Waals surface area contributed by atoms with E-state index < -0.39 is 0 Å². The number of aryl methyl sites for hydroxylation is 3. The summed E-state index contributed by atoms with van der Waals surface area (Å²) in [4.78, 5) is 22.6.